The third kappa shape index (κ3) is 2.76. The third-order valence-electron chi connectivity index (χ3n) is 2.28. The van der Waals surface area contributed by atoms with Crippen molar-refractivity contribution in [1.82, 2.24) is 10.2 Å². The fourth-order valence-electron chi connectivity index (χ4n) is 1.41. The van der Waals surface area contributed by atoms with Crippen LogP contribution < -0.4 is 11.1 Å². The van der Waals surface area contributed by atoms with Gasteiger partial charge in [0.15, 0.2) is 0 Å². The van der Waals surface area contributed by atoms with E-state index >= 15 is 0 Å². The van der Waals surface area contributed by atoms with E-state index < -0.39 is 5.91 Å². The summed E-state index contributed by atoms with van der Waals surface area (Å²) in [4.78, 5) is 11.0. The first kappa shape index (κ1) is 11.5. The molecule has 4 N–H and O–H groups in total. The van der Waals surface area contributed by atoms with Gasteiger partial charge >= 0.3 is 0 Å². The van der Waals surface area contributed by atoms with E-state index in [2.05, 4.69) is 15.5 Å². The maximum Gasteiger partial charge on any atom is 0.250 e. The van der Waals surface area contributed by atoms with Gasteiger partial charge in [-0.1, -0.05) is 11.6 Å². The van der Waals surface area contributed by atoms with E-state index in [4.69, 9.17) is 17.3 Å². The lowest BCUT2D eigenvalue weighted by molar-refractivity contribution is 0.100. The van der Waals surface area contributed by atoms with Crippen molar-refractivity contribution in [3.63, 3.8) is 0 Å². The number of nitrogens with one attached hydrogen (secondary N) is 2. The van der Waals surface area contributed by atoms with Crippen molar-refractivity contribution >= 4 is 23.2 Å². The molecule has 1 amide bonds. The first-order valence-electron chi connectivity index (χ1n) is 4.98. The average Bonchev–Trinajstić information content (AvgIpc) is 2.78. The van der Waals surface area contributed by atoms with Crippen molar-refractivity contribution in [1.29, 1.82) is 0 Å². The molecule has 5 nitrogen and oxygen atoms in total. The Morgan fingerprint density at radius 3 is 2.88 bits per heavy atom. The van der Waals surface area contributed by atoms with Crippen LogP contribution in [0.2, 0.25) is 5.02 Å². The van der Waals surface area contributed by atoms with Crippen molar-refractivity contribution in [3.8, 4) is 0 Å². The van der Waals surface area contributed by atoms with Gasteiger partial charge in [0.25, 0.3) is 0 Å². The Bertz CT molecular complexity index is 524. The molecule has 0 aliphatic rings. The lowest BCUT2D eigenvalue weighted by Crippen LogP contribution is -2.11. The molecule has 0 unspecified atom stereocenters. The second-order valence-electron chi connectivity index (χ2n) is 3.49. The molecular weight excluding hydrogens is 240 g/mol. The van der Waals surface area contributed by atoms with Gasteiger partial charge < -0.3 is 11.1 Å². The number of hydrogen-bond donors (Lipinski definition) is 3. The molecule has 1 heterocycles. The van der Waals surface area contributed by atoms with Crippen molar-refractivity contribution in [2.75, 3.05) is 5.32 Å². The molecule has 6 heteroatoms. The molecule has 0 aliphatic heterocycles. The summed E-state index contributed by atoms with van der Waals surface area (Å²) in [7, 11) is 0. The zero-order chi connectivity index (χ0) is 12.3. The van der Waals surface area contributed by atoms with E-state index in [0.717, 1.165) is 11.4 Å². The van der Waals surface area contributed by atoms with Crippen LogP contribution >= 0.6 is 11.6 Å². The van der Waals surface area contributed by atoms with Crippen LogP contribution in [0.25, 0.3) is 0 Å². The normalized spacial score (nSPS) is 10.2. The van der Waals surface area contributed by atoms with E-state index in [9.17, 15) is 4.79 Å². The number of H-pyrrole nitrogens is 1. The molecule has 0 aliphatic carbocycles. The van der Waals surface area contributed by atoms with Crippen LogP contribution in [0.1, 0.15) is 16.1 Å². The Morgan fingerprint density at radius 1 is 1.47 bits per heavy atom. The van der Waals surface area contributed by atoms with Crippen molar-refractivity contribution in [2.45, 2.75) is 6.54 Å². The molecule has 0 saturated heterocycles. The highest BCUT2D eigenvalue weighted by Gasteiger charge is 2.06. The number of nitrogens with two attached hydrogens (primary N) is 1. The number of primary amides is 1. The van der Waals surface area contributed by atoms with Crippen LogP contribution in [0, 0.1) is 0 Å². The molecule has 2 aromatic rings. The van der Waals surface area contributed by atoms with E-state index in [-0.39, 0.29) is 0 Å². The molecule has 17 heavy (non-hydrogen) atoms. The Balaban J connectivity index is 2.07. The Hall–Kier alpha value is -2.01. The summed E-state index contributed by atoms with van der Waals surface area (Å²) in [5.74, 6) is -0.532. The van der Waals surface area contributed by atoms with Gasteiger partial charge in [0.1, 0.15) is 0 Å². The highest BCUT2D eigenvalue weighted by molar-refractivity contribution is 6.34. The fraction of sp³-hybridized carbons (Fsp3) is 0.0909. The Morgan fingerprint density at radius 2 is 2.29 bits per heavy atom. The smallest absolute Gasteiger partial charge is 0.250 e. The van der Waals surface area contributed by atoms with E-state index in [1.165, 1.54) is 0 Å². The molecule has 88 valence electrons. The zero-order valence-corrected chi connectivity index (χ0v) is 9.66. The van der Waals surface area contributed by atoms with E-state index in [1.54, 1.807) is 24.4 Å². The van der Waals surface area contributed by atoms with Crippen LogP contribution in [0.5, 0.6) is 0 Å². The standard InChI is InChI=1S/C11H11ClN4O/c12-10-5-7(1-2-9(10)11(13)17)14-6-8-3-4-15-16-8/h1-5,14H,6H2,(H2,13,17)(H,15,16). The first-order chi connectivity index (χ1) is 8.16. The number of nitrogens with zero attached hydrogens (tertiary/aromatic N) is 1. The zero-order valence-electron chi connectivity index (χ0n) is 8.90. The highest BCUT2D eigenvalue weighted by atomic mass is 35.5. The molecule has 2 rings (SSSR count). The highest BCUT2D eigenvalue weighted by Crippen LogP contribution is 2.20. The second-order valence-corrected chi connectivity index (χ2v) is 3.90. The van der Waals surface area contributed by atoms with Crippen LogP contribution in [0.4, 0.5) is 5.69 Å². The number of carbonyl (C=O) groups excluding carboxylic acids is 1. The van der Waals surface area contributed by atoms with Gasteiger partial charge in [-0.25, -0.2) is 0 Å². The van der Waals surface area contributed by atoms with Crippen LogP contribution in [-0.2, 0) is 6.54 Å². The predicted octanol–water partition coefficient (Wildman–Crippen LogP) is 1.77. The lowest BCUT2D eigenvalue weighted by Gasteiger charge is -2.07. The number of carbonyl (C=O) groups is 1. The molecule has 0 radical (unpaired) electrons. The summed E-state index contributed by atoms with van der Waals surface area (Å²) >= 11 is 5.92. The first-order valence-corrected chi connectivity index (χ1v) is 5.36. The summed E-state index contributed by atoms with van der Waals surface area (Å²) in [6.45, 7) is 0.603. The number of rotatable bonds is 4. The summed E-state index contributed by atoms with van der Waals surface area (Å²) in [5, 5.41) is 10.2. The monoisotopic (exact) mass is 250 g/mol. The van der Waals surface area contributed by atoms with E-state index in [0.29, 0.717) is 17.1 Å². The second kappa shape index (κ2) is 4.88. The number of benzene rings is 1. The summed E-state index contributed by atoms with van der Waals surface area (Å²) in [5.41, 5.74) is 7.25. The number of amides is 1. The summed E-state index contributed by atoms with van der Waals surface area (Å²) in [6, 6.07) is 6.88. The Kier molecular flexibility index (Phi) is 3.30. The molecule has 1 aromatic heterocycles. The molecule has 0 bridgehead atoms. The van der Waals surface area contributed by atoms with Crippen molar-refractivity contribution in [2.24, 2.45) is 5.73 Å². The van der Waals surface area contributed by atoms with Crippen molar-refractivity contribution < 1.29 is 4.79 Å². The van der Waals surface area contributed by atoms with Gasteiger partial charge in [-0.2, -0.15) is 5.10 Å². The van der Waals surface area contributed by atoms with Crippen LogP contribution in [0.15, 0.2) is 30.5 Å². The SMILES string of the molecule is NC(=O)c1ccc(NCc2ccn[nH]2)cc1Cl. The topological polar surface area (TPSA) is 83.8 Å². The minimum absolute atomic E-state index is 0.318. The van der Waals surface area contributed by atoms with Crippen LogP contribution in [0.3, 0.4) is 0 Å². The predicted molar refractivity (Wildman–Crippen MR) is 65.9 cm³/mol. The van der Waals surface area contributed by atoms with Gasteiger partial charge in [0, 0.05) is 11.9 Å². The summed E-state index contributed by atoms with van der Waals surface area (Å²) in [6.07, 6.45) is 1.68. The van der Waals surface area contributed by atoms with Gasteiger partial charge in [0.2, 0.25) is 5.91 Å². The third-order valence-corrected chi connectivity index (χ3v) is 2.59. The maximum atomic E-state index is 11.0. The minimum Gasteiger partial charge on any atom is -0.379 e. The van der Waals surface area contributed by atoms with E-state index in [1.807, 2.05) is 6.07 Å². The average molecular weight is 251 g/mol. The Labute approximate surface area is 103 Å². The number of anilines is 1. The molecule has 0 fully saturated rings. The van der Waals surface area contributed by atoms with Gasteiger partial charge in [-0.3, -0.25) is 9.89 Å². The van der Waals surface area contributed by atoms with Gasteiger partial charge in [0.05, 0.1) is 22.8 Å². The van der Waals surface area contributed by atoms with Crippen LogP contribution in [-0.4, -0.2) is 16.1 Å². The molecule has 0 atom stereocenters. The quantitative estimate of drug-likeness (QED) is 0.773. The van der Waals surface area contributed by atoms with Crippen molar-refractivity contribution in [3.05, 3.63) is 46.7 Å². The maximum absolute atomic E-state index is 11.0. The van der Waals surface area contributed by atoms with Gasteiger partial charge in [-0.05, 0) is 24.3 Å². The largest absolute Gasteiger partial charge is 0.379 e. The molecular formula is C11H11ClN4O. The number of hydrogen-bond acceptors (Lipinski definition) is 3. The van der Waals surface area contributed by atoms with Gasteiger partial charge in [-0.15, -0.1) is 0 Å². The minimum atomic E-state index is -0.532. The molecule has 1 aromatic carbocycles. The fourth-order valence-corrected chi connectivity index (χ4v) is 1.68. The number of aromatic amines is 1. The number of aromatic nitrogens is 2. The summed E-state index contributed by atoms with van der Waals surface area (Å²) < 4.78 is 0. The lowest BCUT2D eigenvalue weighted by atomic mass is 10.2. The number of halogens is 1. The molecule has 0 saturated carbocycles. The molecule has 0 spiro atoms.